The highest BCUT2D eigenvalue weighted by molar-refractivity contribution is 5.96. The summed E-state index contributed by atoms with van der Waals surface area (Å²) in [5.41, 5.74) is 1.25. The Balaban J connectivity index is 1.53. The lowest BCUT2D eigenvalue weighted by Crippen LogP contribution is -2.24. The minimum absolute atomic E-state index is 0.00366. The second kappa shape index (κ2) is 6.47. The first kappa shape index (κ1) is 16.1. The number of ether oxygens (including phenoxy) is 1. The molecule has 0 saturated carbocycles. The molecule has 1 aromatic carbocycles. The first-order valence-electron chi connectivity index (χ1n) is 8.11. The fraction of sp³-hybridized carbons (Fsp3) is 0.222. The second-order valence-electron chi connectivity index (χ2n) is 6.00. The number of methoxy groups -OCH3 is 1. The van der Waals surface area contributed by atoms with E-state index < -0.39 is 0 Å². The standard InChI is InChI=1S/C18H16N4O4/c1-25-14-5-3-13(4-6-14)22-10-12(8-16(22)24)18-20-17(21-26-18)11-2-7-15(23)19-9-11/h2-7,9,12H,8,10H2,1H3,(H,19,23)/t12-/m1/s1. The molecule has 2 aromatic heterocycles. The molecule has 8 nitrogen and oxygen atoms in total. The number of rotatable bonds is 4. The normalized spacial score (nSPS) is 16.9. The van der Waals surface area contributed by atoms with Crippen LogP contribution in [-0.4, -0.2) is 34.7 Å². The maximum Gasteiger partial charge on any atom is 0.247 e. The highest BCUT2D eigenvalue weighted by Gasteiger charge is 2.35. The van der Waals surface area contributed by atoms with Gasteiger partial charge in [0.05, 0.1) is 13.0 Å². The van der Waals surface area contributed by atoms with Gasteiger partial charge in [0.25, 0.3) is 0 Å². The molecule has 0 aliphatic carbocycles. The van der Waals surface area contributed by atoms with E-state index in [4.69, 9.17) is 9.26 Å². The lowest BCUT2D eigenvalue weighted by molar-refractivity contribution is -0.117. The van der Waals surface area contributed by atoms with Gasteiger partial charge in [0.15, 0.2) is 0 Å². The van der Waals surface area contributed by atoms with E-state index in [2.05, 4.69) is 15.1 Å². The largest absolute Gasteiger partial charge is 0.497 e. The van der Waals surface area contributed by atoms with E-state index in [9.17, 15) is 9.59 Å². The minimum Gasteiger partial charge on any atom is -0.497 e. The topological polar surface area (TPSA) is 101 Å². The highest BCUT2D eigenvalue weighted by atomic mass is 16.5. The predicted octanol–water partition coefficient (Wildman–Crippen LogP) is 1.95. The van der Waals surface area contributed by atoms with Gasteiger partial charge < -0.3 is 19.1 Å². The summed E-state index contributed by atoms with van der Waals surface area (Å²) in [7, 11) is 1.60. The highest BCUT2D eigenvalue weighted by Crippen LogP contribution is 2.32. The number of amides is 1. The van der Waals surface area contributed by atoms with E-state index in [0.717, 1.165) is 11.4 Å². The van der Waals surface area contributed by atoms with Crippen molar-refractivity contribution in [2.24, 2.45) is 0 Å². The molecule has 0 radical (unpaired) electrons. The van der Waals surface area contributed by atoms with E-state index in [0.29, 0.717) is 30.2 Å². The molecule has 3 heterocycles. The molecule has 0 unspecified atom stereocenters. The monoisotopic (exact) mass is 352 g/mol. The molecule has 0 bridgehead atoms. The van der Waals surface area contributed by atoms with Gasteiger partial charge in [0, 0.05) is 36.5 Å². The van der Waals surface area contributed by atoms with E-state index in [1.165, 1.54) is 12.3 Å². The first-order valence-corrected chi connectivity index (χ1v) is 8.11. The van der Waals surface area contributed by atoms with Gasteiger partial charge in [-0.2, -0.15) is 4.98 Å². The quantitative estimate of drug-likeness (QED) is 0.770. The molecule has 26 heavy (non-hydrogen) atoms. The molecular formula is C18H16N4O4. The fourth-order valence-electron chi connectivity index (χ4n) is 2.95. The van der Waals surface area contributed by atoms with Gasteiger partial charge in [-0.25, -0.2) is 0 Å². The summed E-state index contributed by atoms with van der Waals surface area (Å²) in [6.45, 7) is 0.471. The first-order chi connectivity index (χ1) is 12.6. The number of carbonyl (C=O) groups is 1. The number of hydrogen-bond donors (Lipinski definition) is 1. The van der Waals surface area contributed by atoms with Crippen molar-refractivity contribution < 1.29 is 14.1 Å². The smallest absolute Gasteiger partial charge is 0.247 e. The van der Waals surface area contributed by atoms with Crippen LogP contribution in [0.4, 0.5) is 5.69 Å². The summed E-state index contributed by atoms with van der Waals surface area (Å²) in [6.07, 6.45) is 1.83. The Morgan fingerprint density at radius 2 is 2.00 bits per heavy atom. The molecule has 8 heteroatoms. The summed E-state index contributed by atoms with van der Waals surface area (Å²) in [5.74, 6) is 1.36. The summed E-state index contributed by atoms with van der Waals surface area (Å²) < 4.78 is 10.5. The molecule has 1 amide bonds. The van der Waals surface area contributed by atoms with Crippen molar-refractivity contribution in [3.8, 4) is 17.1 Å². The van der Waals surface area contributed by atoms with Crippen molar-refractivity contribution in [2.75, 3.05) is 18.6 Å². The van der Waals surface area contributed by atoms with Crippen LogP contribution in [0.15, 0.2) is 51.9 Å². The molecular weight excluding hydrogens is 336 g/mol. The van der Waals surface area contributed by atoms with Crippen LogP contribution in [0.3, 0.4) is 0 Å². The number of aromatic nitrogens is 3. The molecule has 1 fully saturated rings. The van der Waals surface area contributed by atoms with Gasteiger partial charge in [-0.05, 0) is 30.3 Å². The van der Waals surface area contributed by atoms with Crippen LogP contribution in [0.1, 0.15) is 18.2 Å². The second-order valence-corrected chi connectivity index (χ2v) is 6.00. The van der Waals surface area contributed by atoms with Gasteiger partial charge in [0.1, 0.15) is 5.75 Å². The zero-order chi connectivity index (χ0) is 18.1. The number of anilines is 1. The molecule has 3 aromatic rings. The van der Waals surface area contributed by atoms with E-state index >= 15 is 0 Å². The van der Waals surface area contributed by atoms with Crippen LogP contribution >= 0.6 is 0 Å². The van der Waals surface area contributed by atoms with Crippen LogP contribution in [-0.2, 0) is 4.79 Å². The molecule has 1 aliphatic heterocycles. The van der Waals surface area contributed by atoms with E-state index in [1.807, 2.05) is 24.3 Å². The van der Waals surface area contributed by atoms with Crippen molar-refractivity contribution in [3.05, 3.63) is 58.8 Å². The van der Waals surface area contributed by atoms with Gasteiger partial charge >= 0.3 is 0 Å². The number of H-pyrrole nitrogens is 1. The van der Waals surface area contributed by atoms with Crippen molar-refractivity contribution >= 4 is 11.6 Å². The number of nitrogens with one attached hydrogen (secondary N) is 1. The molecule has 4 rings (SSSR count). The maximum absolute atomic E-state index is 12.4. The summed E-state index contributed by atoms with van der Waals surface area (Å²) in [5, 5.41) is 3.95. The molecule has 1 N–H and O–H groups in total. The van der Waals surface area contributed by atoms with Gasteiger partial charge in [-0.15, -0.1) is 0 Å². The van der Waals surface area contributed by atoms with Crippen LogP contribution < -0.4 is 15.2 Å². The number of carbonyl (C=O) groups excluding carboxylic acids is 1. The number of nitrogens with zero attached hydrogens (tertiary/aromatic N) is 3. The maximum atomic E-state index is 12.4. The summed E-state index contributed by atoms with van der Waals surface area (Å²) >= 11 is 0. The zero-order valence-corrected chi connectivity index (χ0v) is 14.0. The third-order valence-electron chi connectivity index (χ3n) is 4.34. The van der Waals surface area contributed by atoms with Gasteiger partial charge in [-0.3, -0.25) is 9.59 Å². The lowest BCUT2D eigenvalue weighted by Gasteiger charge is -2.16. The number of benzene rings is 1. The lowest BCUT2D eigenvalue weighted by atomic mass is 10.1. The average Bonchev–Trinajstić information content (AvgIpc) is 3.29. The minimum atomic E-state index is -0.200. The Morgan fingerprint density at radius 1 is 1.19 bits per heavy atom. The third kappa shape index (κ3) is 2.97. The van der Waals surface area contributed by atoms with Crippen LogP contribution in [0, 0.1) is 0 Å². The average molecular weight is 352 g/mol. The van der Waals surface area contributed by atoms with Crippen molar-refractivity contribution in [2.45, 2.75) is 12.3 Å². The summed E-state index contributed by atoms with van der Waals surface area (Å²) in [4.78, 5) is 32.2. The number of pyridine rings is 1. The fourth-order valence-corrected chi connectivity index (χ4v) is 2.95. The van der Waals surface area contributed by atoms with Crippen LogP contribution in [0.25, 0.3) is 11.4 Å². The van der Waals surface area contributed by atoms with Crippen molar-refractivity contribution in [1.29, 1.82) is 0 Å². The molecule has 1 saturated heterocycles. The molecule has 132 valence electrons. The number of aromatic amines is 1. The number of hydrogen-bond acceptors (Lipinski definition) is 6. The Kier molecular flexibility index (Phi) is 4.00. The summed E-state index contributed by atoms with van der Waals surface area (Å²) in [6, 6.07) is 10.3. The molecule has 1 atom stereocenters. The Hall–Kier alpha value is -3.42. The third-order valence-corrected chi connectivity index (χ3v) is 4.34. The Morgan fingerprint density at radius 3 is 2.69 bits per heavy atom. The van der Waals surface area contributed by atoms with Crippen molar-refractivity contribution in [3.63, 3.8) is 0 Å². The SMILES string of the molecule is COc1ccc(N2C[C@H](c3nc(-c4ccc(=O)[nH]c4)no3)CC2=O)cc1. The van der Waals surface area contributed by atoms with Gasteiger partial charge in [0.2, 0.25) is 23.2 Å². The predicted molar refractivity (Wildman–Crippen MR) is 93.1 cm³/mol. The molecule has 0 spiro atoms. The van der Waals surface area contributed by atoms with Crippen LogP contribution in [0.2, 0.25) is 0 Å². The van der Waals surface area contributed by atoms with E-state index in [-0.39, 0.29) is 17.4 Å². The van der Waals surface area contributed by atoms with E-state index in [1.54, 1.807) is 18.1 Å². The zero-order valence-electron chi connectivity index (χ0n) is 14.0. The van der Waals surface area contributed by atoms with Crippen LogP contribution in [0.5, 0.6) is 5.75 Å². The Bertz CT molecular complexity index is 972. The van der Waals surface area contributed by atoms with Gasteiger partial charge in [-0.1, -0.05) is 5.16 Å². The van der Waals surface area contributed by atoms with Crippen molar-refractivity contribution in [1.82, 2.24) is 15.1 Å². The Labute approximate surface area is 148 Å². The molecule has 1 aliphatic rings.